The van der Waals surface area contributed by atoms with Gasteiger partial charge in [0.2, 0.25) is 0 Å². The third-order valence-corrected chi connectivity index (χ3v) is 4.56. The van der Waals surface area contributed by atoms with Gasteiger partial charge in [-0.25, -0.2) is 0 Å². The molecule has 0 saturated heterocycles. The molecule has 0 amide bonds. The molecule has 0 spiro atoms. The largest absolute Gasteiger partial charge is 0.490 e. The Hall–Kier alpha value is -1.03. The van der Waals surface area contributed by atoms with Crippen LogP contribution in [0, 0.1) is 0 Å². The fraction of sp³-hybridized carbons (Fsp3) is 0.294. The molecule has 1 fully saturated rings. The number of halogens is 2. The zero-order valence-corrected chi connectivity index (χ0v) is 14.1. The Morgan fingerprint density at radius 3 is 2.52 bits per heavy atom. The molecule has 0 aliphatic heterocycles. The maximum atomic E-state index is 6.13. The second kappa shape index (κ2) is 6.39. The van der Waals surface area contributed by atoms with Gasteiger partial charge in [0, 0.05) is 9.50 Å². The number of hydrogen-bond acceptors (Lipinski definition) is 2. The van der Waals surface area contributed by atoms with E-state index < -0.39 is 0 Å². The normalized spacial score (nSPS) is 15.8. The monoisotopic (exact) mass is 365 g/mol. The predicted octanol–water partition coefficient (Wildman–Crippen LogP) is 4.95. The molecule has 0 heterocycles. The smallest absolute Gasteiger partial charge is 0.119 e. The standard InChI is InChI=1S/C17H17BrClNO/c1-20-17(15-10-12(19)4-9-16(15)18)11-2-5-13(6-3-11)21-14-7-8-14/h2-6,9-10,14,17,20H,7-8H2,1H3. The number of benzene rings is 2. The van der Waals surface area contributed by atoms with Gasteiger partial charge in [-0.15, -0.1) is 0 Å². The maximum Gasteiger partial charge on any atom is 0.119 e. The van der Waals surface area contributed by atoms with Crippen LogP contribution in [-0.2, 0) is 0 Å². The lowest BCUT2D eigenvalue weighted by Crippen LogP contribution is -2.18. The second-order valence-corrected chi connectivity index (χ2v) is 6.56. The Balaban J connectivity index is 1.86. The molecule has 1 atom stereocenters. The van der Waals surface area contributed by atoms with Crippen molar-refractivity contribution in [1.82, 2.24) is 5.32 Å². The molecule has 1 aliphatic carbocycles. The van der Waals surface area contributed by atoms with Crippen molar-refractivity contribution in [3.05, 3.63) is 63.1 Å². The second-order valence-electron chi connectivity index (χ2n) is 5.27. The van der Waals surface area contributed by atoms with Crippen LogP contribution in [0.1, 0.15) is 30.0 Å². The Labute approximate surface area is 138 Å². The predicted molar refractivity (Wildman–Crippen MR) is 90.1 cm³/mol. The molecule has 3 rings (SSSR count). The third kappa shape index (κ3) is 3.60. The summed E-state index contributed by atoms with van der Waals surface area (Å²) in [5, 5.41) is 4.08. The summed E-state index contributed by atoms with van der Waals surface area (Å²) in [5.41, 5.74) is 2.31. The third-order valence-electron chi connectivity index (χ3n) is 3.60. The Kier molecular flexibility index (Phi) is 4.53. The van der Waals surface area contributed by atoms with Crippen LogP contribution in [0.4, 0.5) is 0 Å². The van der Waals surface area contributed by atoms with Crippen LogP contribution < -0.4 is 10.1 Å². The quantitative estimate of drug-likeness (QED) is 0.808. The Morgan fingerprint density at radius 1 is 1.19 bits per heavy atom. The van der Waals surface area contributed by atoms with E-state index in [1.165, 1.54) is 18.4 Å². The van der Waals surface area contributed by atoms with Crippen molar-refractivity contribution in [2.75, 3.05) is 7.05 Å². The molecule has 1 aliphatic rings. The summed E-state index contributed by atoms with van der Waals surface area (Å²) in [7, 11) is 1.95. The number of rotatable bonds is 5. The SMILES string of the molecule is CNC(c1ccc(OC2CC2)cc1)c1cc(Cl)ccc1Br. The van der Waals surface area contributed by atoms with Gasteiger partial charge in [-0.2, -0.15) is 0 Å². The summed E-state index contributed by atoms with van der Waals surface area (Å²) >= 11 is 9.73. The lowest BCUT2D eigenvalue weighted by Gasteiger charge is -2.19. The van der Waals surface area contributed by atoms with E-state index in [1.807, 2.05) is 37.4 Å². The van der Waals surface area contributed by atoms with Crippen LogP contribution in [0.25, 0.3) is 0 Å². The van der Waals surface area contributed by atoms with Crippen molar-refractivity contribution in [2.24, 2.45) is 0 Å². The fourth-order valence-corrected chi connectivity index (χ4v) is 3.01. The van der Waals surface area contributed by atoms with E-state index in [0.717, 1.165) is 20.8 Å². The van der Waals surface area contributed by atoms with Crippen LogP contribution in [-0.4, -0.2) is 13.2 Å². The lowest BCUT2D eigenvalue weighted by molar-refractivity contribution is 0.303. The summed E-state index contributed by atoms with van der Waals surface area (Å²) in [4.78, 5) is 0. The van der Waals surface area contributed by atoms with Crippen molar-refractivity contribution in [2.45, 2.75) is 25.0 Å². The molecule has 21 heavy (non-hydrogen) atoms. The molecular formula is C17H17BrClNO. The van der Waals surface area contributed by atoms with Crippen molar-refractivity contribution >= 4 is 27.5 Å². The highest BCUT2D eigenvalue weighted by Gasteiger charge is 2.23. The summed E-state index contributed by atoms with van der Waals surface area (Å²) in [6.45, 7) is 0. The van der Waals surface area contributed by atoms with E-state index in [0.29, 0.717) is 6.10 Å². The van der Waals surface area contributed by atoms with Gasteiger partial charge in [0.15, 0.2) is 0 Å². The molecular weight excluding hydrogens is 350 g/mol. The molecule has 1 saturated carbocycles. The Bertz CT molecular complexity index is 625. The fourth-order valence-electron chi connectivity index (χ4n) is 2.35. The van der Waals surface area contributed by atoms with Gasteiger partial charge in [0.25, 0.3) is 0 Å². The minimum Gasteiger partial charge on any atom is -0.490 e. The van der Waals surface area contributed by atoms with Gasteiger partial charge in [-0.3, -0.25) is 0 Å². The van der Waals surface area contributed by atoms with Gasteiger partial charge in [-0.05, 0) is 61.3 Å². The van der Waals surface area contributed by atoms with Crippen LogP contribution in [0.5, 0.6) is 5.75 Å². The average molecular weight is 367 g/mol. The van der Waals surface area contributed by atoms with E-state index in [1.54, 1.807) is 0 Å². The summed E-state index contributed by atoms with van der Waals surface area (Å²) in [6.07, 6.45) is 2.78. The van der Waals surface area contributed by atoms with Crippen LogP contribution in [0.2, 0.25) is 5.02 Å². The van der Waals surface area contributed by atoms with Gasteiger partial charge in [0.05, 0.1) is 12.1 Å². The van der Waals surface area contributed by atoms with E-state index >= 15 is 0 Å². The first-order valence-electron chi connectivity index (χ1n) is 7.06. The van der Waals surface area contributed by atoms with E-state index in [4.69, 9.17) is 16.3 Å². The zero-order chi connectivity index (χ0) is 14.8. The van der Waals surface area contributed by atoms with Crippen molar-refractivity contribution < 1.29 is 4.74 Å². The molecule has 0 aromatic heterocycles. The molecule has 0 radical (unpaired) electrons. The van der Waals surface area contributed by atoms with E-state index in [9.17, 15) is 0 Å². The minimum absolute atomic E-state index is 0.0908. The Morgan fingerprint density at radius 2 is 1.90 bits per heavy atom. The first-order chi connectivity index (χ1) is 10.2. The van der Waals surface area contributed by atoms with Crippen molar-refractivity contribution in [3.8, 4) is 5.75 Å². The average Bonchev–Trinajstić information content (AvgIpc) is 3.29. The number of ether oxygens (including phenoxy) is 1. The van der Waals surface area contributed by atoms with Gasteiger partial charge >= 0.3 is 0 Å². The summed E-state index contributed by atoms with van der Waals surface area (Å²) < 4.78 is 6.84. The first-order valence-corrected chi connectivity index (χ1v) is 8.23. The van der Waals surface area contributed by atoms with Gasteiger partial charge in [0.1, 0.15) is 5.75 Å². The first kappa shape index (κ1) is 14.9. The maximum absolute atomic E-state index is 6.13. The van der Waals surface area contributed by atoms with Crippen molar-refractivity contribution in [3.63, 3.8) is 0 Å². The topological polar surface area (TPSA) is 21.3 Å². The lowest BCUT2D eigenvalue weighted by atomic mass is 9.99. The zero-order valence-electron chi connectivity index (χ0n) is 11.8. The summed E-state index contributed by atoms with van der Waals surface area (Å²) in [5.74, 6) is 0.946. The van der Waals surface area contributed by atoms with Crippen molar-refractivity contribution in [1.29, 1.82) is 0 Å². The van der Waals surface area contributed by atoms with Crippen LogP contribution in [0.15, 0.2) is 46.9 Å². The molecule has 2 nitrogen and oxygen atoms in total. The molecule has 110 valence electrons. The highest BCUT2D eigenvalue weighted by Crippen LogP contribution is 2.32. The molecule has 2 aromatic rings. The molecule has 1 N–H and O–H groups in total. The molecule has 0 bridgehead atoms. The molecule has 2 aromatic carbocycles. The highest BCUT2D eigenvalue weighted by atomic mass is 79.9. The molecule has 4 heteroatoms. The van der Waals surface area contributed by atoms with Gasteiger partial charge in [-0.1, -0.05) is 39.7 Å². The van der Waals surface area contributed by atoms with Crippen LogP contribution in [0.3, 0.4) is 0 Å². The van der Waals surface area contributed by atoms with E-state index in [-0.39, 0.29) is 6.04 Å². The minimum atomic E-state index is 0.0908. The highest BCUT2D eigenvalue weighted by molar-refractivity contribution is 9.10. The summed E-state index contributed by atoms with van der Waals surface area (Å²) in [6, 6.07) is 14.2. The van der Waals surface area contributed by atoms with E-state index in [2.05, 4.69) is 33.4 Å². The number of hydrogen-bond donors (Lipinski definition) is 1. The van der Waals surface area contributed by atoms with Gasteiger partial charge < -0.3 is 10.1 Å². The number of nitrogens with one attached hydrogen (secondary N) is 1. The molecule has 1 unspecified atom stereocenters. The van der Waals surface area contributed by atoms with Crippen LogP contribution >= 0.6 is 27.5 Å².